The van der Waals surface area contributed by atoms with E-state index in [1.54, 1.807) is 36.4 Å². The molecule has 1 saturated heterocycles. The first kappa shape index (κ1) is 26.3. The van der Waals surface area contributed by atoms with Gasteiger partial charge >= 0.3 is 0 Å². The van der Waals surface area contributed by atoms with E-state index < -0.39 is 17.7 Å². The summed E-state index contributed by atoms with van der Waals surface area (Å²) >= 11 is 0. The van der Waals surface area contributed by atoms with E-state index in [0.29, 0.717) is 60.6 Å². The minimum atomic E-state index is -0.841. The topological polar surface area (TPSA) is 104 Å². The Morgan fingerprint density at radius 2 is 1.78 bits per heavy atom. The summed E-state index contributed by atoms with van der Waals surface area (Å²) in [6, 6.07) is 9.41. The third-order valence-electron chi connectivity index (χ3n) is 6.23. The number of methoxy groups -OCH3 is 1. The van der Waals surface area contributed by atoms with E-state index in [-0.39, 0.29) is 24.5 Å². The average molecular weight is 512 g/mol. The molecule has 37 heavy (non-hydrogen) atoms. The Balaban J connectivity index is 1.80. The van der Waals surface area contributed by atoms with Crippen molar-refractivity contribution in [2.45, 2.75) is 32.7 Å². The molecule has 0 saturated carbocycles. The predicted molar refractivity (Wildman–Crippen MR) is 136 cm³/mol. The summed E-state index contributed by atoms with van der Waals surface area (Å²) in [5.74, 6) is 0.346. The summed E-state index contributed by atoms with van der Waals surface area (Å²) in [6.45, 7) is 6.12. The van der Waals surface area contributed by atoms with Crippen LogP contribution in [0, 0.1) is 0 Å². The molecule has 198 valence electrons. The predicted octanol–water partition coefficient (Wildman–Crippen LogP) is 4.10. The van der Waals surface area contributed by atoms with Crippen molar-refractivity contribution in [1.82, 2.24) is 4.90 Å². The van der Waals surface area contributed by atoms with Gasteiger partial charge in [-0.05, 0) is 49.2 Å². The molecule has 0 aromatic heterocycles. The summed E-state index contributed by atoms with van der Waals surface area (Å²) in [4.78, 5) is 27.8. The molecular weight excluding hydrogens is 478 g/mol. The van der Waals surface area contributed by atoms with Crippen molar-refractivity contribution in [3.63, 3.8) is 0 Å². The zero-order chi connectivity index (χ0) is 26.4. The molecule has 1 amide bonds. The molecule has 0 bridgehead atoms. The molecule has 2 aromatic carbocycles. The van der Waals surface area contributed by atoms with Gasteiger partial charge in [0.05, 0.1) is 31.4 Å². The number of nitrogens with zero attached hydrogens (tertiary/aromatic N) is 1. The van der Waals surface area contributed by atoms with Gasteiger partial charge in [-0.25, -0.2) is 0 Å². The van der Waals surface area contributed by atoms with Gasteiger partial charge in [-0.3, -0.25) is 9.59 Å². The van der Waals surface area contributed by atoms with Crippen LogP contribution in [0.1, 0.15) is 43.9 Å². The SMILES string of the molecule is CCCCOc1ccc(C2/C(=C(/O)c3ccc4c(c3)OCCO4)C(=O)C(=O)N2CCOC)cc1OCC. The quantitative estimate of drug-likeness (QED) is 0.208. The minimum absolute atomic E-state index is 0.0140. The molecule has 1 unspecified atom stereocenters. The number of hydrogen-bond acceptors (Lipinski definition) is 8. The fraction of sp³-hybridized carbons (Fsp3) is 0.429. The highest BCUT2D eigenvalue weighted by molar-refractivity contribution is 6.46. The van der Waals surface area contributed by atoms with E-state index >= 15 is 0 Å². The molecule has 1 N–H and O–H groups in total. The van der Waals surface area contributed by atoms with Gasteiger partial charge in [-0.1, -0.05) is 19.4 Å². The molecule has 4 rings (SSSR count). The number of rotatable bonds is 11. The molecular formula is C28H33NO8. The summed E-state index contributed by atoms with van der Waals surface area (Å²) in [5.41, 5.74) is 0.948. The number of aliphatic hydroxyl groups excluding tert-OH is 1. The second-order valence-corrected chi connectivity index (χ2v) is 8.68. The highest BCUT2D eigenvalue weighted by Crippen LogP contribution is 2.43. The number of likely N-dealkylation sites (tertiary alicyclic amines) is 1. The highest BCUT2D eigenvalue weighted by Gasteiger charge is 2.46. The third-order valence-corrected chi connectivity index (χ3v) is 6.23. The monoisotopic (exact) mass is 511 g/mol. The van der Waals surface area contributed by atoms with Crippen molar-refractivity contribution in [2.75, 3.05) is 46.7 Å². The van der Waals surface area contributed by atoms with Crippen molar-refractivity contribution in [1.29, 1.82) is 0 Å². The number of unbranched alkanes of at least 4 members (excludes halogenated alkanes) is 1. The average Bonchev–Trinajstić information content (AvgIpc) is 3.17. The fourth-order valence-corrected chi connectivity index (χ4v) is 4.40. The van der Waals surface area contributed by atoms with Gasteiger partial charge < -0.3 is 33.7 Å². The van der Waals surface area contributed by atoms with Crippen molar-refractivity contribution in [3.8, 4) is 23.0 Å². The van der Waals surface area contributed by atoms with Gasteiger partial charge in [0.25, 0.3) is 11.7 Å². The lowest BCUT2D eigenvalue weighted by molar-refractivity contribution is -0.140. The second kappa shape index (κ2) is 12.0. The molecule has 9 heteroatoms. The van der Waals surface area contributed by atoms with Crippen LogP contribution in [0.2, 0.25) is 0 Å². The molecule has 1 atom stereocenters. The lowest BCUT2D eigenvalue weighted by Crippen LogP contribution is -2.32. The molecule has 9 nitrogen and oxygen atoms in total. The number of benzene rings is 2. The van der Waals surface area contributed by atoms with Crippen LogP contribution in [-0.4, -0.2) is 68.4 Å². The van der Waals surface area contributed by atoms with E-state index in [2.05, 4.69) is 6.92 Å². The van der Waals surface area contributed by atoms with Gasteiger partial charge in [0.15, 0.2) is 23.0 Å². The maximum atomic E-state index is 13.3. The lowest BCUT2D eigenvalue weighted by Gasteiger charge is -2.26. The number of carbonyl (C=O) groups excluding carboxylic acids is 2. The standard InChI is InChI=1S/C28H33NO8/c1-4-6-12-35-20-9-7-18(16-22(20)34-5-2)25-24(27(31)28(32)29(25)11-13-33-3)26(30)19-8-10-21-23(17-19)37-15-14-36-21/h7-10,16-17,25,30H,4-6,11-15H2,1-3H3/b26-24-. The number of hydrogen-bond donors (Lipinski definition) is 1. The van der Waals surface area contributed by atoms with E-state index in [4.69, 9.17) is 23.7 Å². The number of Topliss-reactive ketones (excluding diaryl/α,β-unsaturated/α-hetero) is 1. The normalized spacial score (nSPS) is 18.2. The second-order valence-electron chi connectivity index (χ2n) is 8.68. The van der Waals surface area contributed by atoms with Crippen molar-refractivity contribution < 1.29 is 38.4 Å². The number of ether oxygens (including phenoxy) is 5. The van der Waals surface area contributed by atoms with Gasteiger partial charge in [-0.2, -0.15) is 0 Å². The number of fused-ring (bicyclic) bond motifs is 1. The molecule has 2 aliphatic rings. The Morgan fingerprint density at radius 1 is 1.00 bits per heavy atom. The fourth-order valence-electron chi connectivity index (χ4n) is 4.40. The molecule has 0 radical (unpaired) electrons. The van der Waals surface area contributed by atoms with E-state index in [1.807, 2.05) is 6.92 Å². The first-order chi connectivity index (χ1) is 18.0. The summed E-state index contributed by atoms with van der Waals surface area (Å²) in [7, 11) is 1.52. The molecule has 2 aliphatic heterocycles. The van der Waals surface area contributed by atoms with Crippen molar-refractivity contribution in [2.24, 2.45) is 0 Å². The number of aliphatic hydroxyl groups is 1. The Bertz CT molecular complexity index is 1170. The summed E-state index contributed by atoms with van der Waals surface area (Å²) in [5, 5.41) is 11.4. The van der Waals surface area contributed by atoms with E-state index in [9.17, 15) is 14.7 Å². The van der Waals surface area contributed by atoms with E-state index in [1.165, 1.54) is 12.0 Å². The molecule has 0 aliphatic carbocycles. The maximum absolute atomic E-state index is 13.3. The lowest BCUT2D eigenvalue weighted by atomic mass is 9.94. The zero-order valence-corrected chi connectivity index (χ0v) is 21.5. The zero-order valence-electron chi connectivity index (χ0n) is 21.5. The summed E-state index contributed by atoms with van der Waals surface area (Å²) in [6.07, 6.45) is 1.90. The number of amides is 1. The van der Waals surface area contributed by atoms with Gasteiger partial charge in [0.1, 0.15) is 19.0 Å². The Kier molecular flexibility index (Phi) is 8.55. The van der Waals surface area contributed by atoms with Crippen molar-refractivity contribution >= 4 is 17.4 Å². The smallest absolute Gasteiger partial charge is 0.295 e. The number of ketones is 1. The van der Waals surface area contributed by atoms with Crippen molar-refractivity contribution in [3.05, 3.63) is 53.1 Å². The van der Waals surface area contributed by atoms with Gasteiger partial charge in [0.2, 0.25) is 0 Å². The van der Waals surface area contributed by atoms with Crippen LogP contribution in [0.5, 0.6) is 23.0 Å². The maximum Gasteiger partial charge on any atom is 0.295 e. The minimum Gasteiger partial charge on any atom is -0.507 e. The molecule has 0 spiro atoms. The highest BCUT2D eigenvalue weighted by atomic mass is 16.6. The van der Waals surface area contributed by atoms with Crippen LogP contribution in [-0.2, 0) is 14.3 Å². The Hall–Kier alpha value is -3.72. The molecule has 2 aromatic rings. The summed E-state index contributed by atoms with van der Waals surface area (Å²) < 4.78 is 28.1. The van der Waals surface area contributed by atoms with Crippen LogP contribution in [0.15, 0.2) is 42.0 Å². The van der Waals surface area contributed by atoms with Crippen LogP contribution >= 0.6 is 0 Å². The first-order valence-corrected chi connectivity index (χ1v) is 12.6. The third kappa shape index (κ3) is 5.51. The van der Waals surface area contributed by atoms with Crippen LogP contribution in [0.3, 0.4) is 0 Å². The molecule has 1 fully saturated rings. The van der Waals surface area contributed by atoms with Crippen LogP contribution < -0.4 is 18.9 Å². The van der Waals surface area contributed by atoms with Crippen LogP contribution in [0.25, 0.3) is 5.76 Å². The number of carbonyl (C=O) groups is 2. The van der Waals surface area contributed by atoms with Gasteiger partial charge in [0, 0.05) is 19.2 Å². The van der Waals surface area contributed by atoms with Crippen LogP contribution in [0.4, 0.5) is 0 Å². The largest absolute Gasteiger partial charge is 0.507 e. The Morgan fingerprint density at radius 3 is 2.51 bits per heavy atom. The van der Waals surface area contributed by atoms with Gasteiger partial charge in [-0.15, -0.1) is 0 Å². The first-order valence-electron chi connectivity index (χ1n) is 12.6. The Labute approximate surface area is 216 Å². The molecule has 2 heterocycles. The van der Waals surface area contributed by atoms with E-state index in [0.717, 1.165) is 12.8 Å².